The Bertz CT molecular complexity index is 1110. The quantitative estimate of drug-likeness (QED) is 0.334. The SMILES string of the molecule is O=C(CSc1ncnc2sccc12)N1CCCCC1c1nc2ccccc2s1. The number of hydrogen-bond donors (Lipinski definition) is 0. The number of hydrogen-bond acceptors (Lipinski definition) is 7. The van der Waals surface area contributed by atoms with Gasteiger partial charge >= 0.3 is 0 Å². The zero-order chi connectivity index (χ0) is 18.9. The van der Waals surface area contributed by atoms with Gasteiger partial charge in [-0.05, 0) is 42.8 Å². The number of thioether (sulfide) groups is 1. The summed E-state index contributed by atoms with van der Waals surface area (Å²) in [7, 11) is 0. The number of nitrogens with zero attached hydrogens (tertiary/aromatic N) is 4. The van der Waals surface area contributed by atoms with Crippen LogP contribution in [0.4, 0.5) is 0 Å². The van der Waals surface area contributed by atoms with Gasteiger partial charge in [0.05, 0.1) is 22.0 Å². The maximum atomic E-state index is 13.1. The predicted octanol–water partition coefficient (Wildman–Crippen LogP) is 5.15. The lowest BCUT2D eigenvalue weighted by Crippen LogP contribution is -2.39. The van der Waals surface area contributed by atoms with E-state index in [4.69, 9.17) is 4.98 Å². The van der Waals surface area contributed by atoms with Gasteiger partial charge in [-0.1, -0.05) is 23.9 Å². The molecule has 1 atom stereocenters. The summed E-state index contributed by atoms with van der Waals surface area (Å²) in [6.45, 7) is 0.803. The molecule has 1 aliphatic rings. The van der Waals surface area contributed by atoms with E-state index < -0.39 is 0 Å². The van der Waals surface area contributed by atoms with E-state index in [-0.39, 0.29) is 11.9 Å². The molecule has 5 nitrogen and oxygen atoms in total. The van der Waals surface area contributed by atoms with Gasteiger partial charge < -0.3 is 4.90 Å². The predicted molar refractivity (Wildman–Crippen MR) is 116 cm³/mol. The lowest BCUT2D eigenvalue weighted by molar-refractivity contribution is -0.132. The number of likely N-dealkylation sites (tertiary alicyclic amines) is 1. The minimum Gasteiger partial charge on any atom is -0.332 e. The van der Waals surface area contributed by atoms with E-state index in [9.17, 15) is 4.79 Å². The molecule has 1 aromatic carbocycles. The van der Waals surface area contributed by atoms with Crippen molar-refractivity contribution in [3.63, 3.8) is 0 Å². The number of thiophene rings is 1. The number of carbonyl (C=O) groups is 1. The number of rotatable bonds is 4. The molecule has 1 amide bonds. The Morgan fingerprint density at radius 1 is 1.21 bits per heavy atom. The van der Waals surface area contributed by atoms with Crippen LogP contribution in [0.15, 0.2) is 47.1 Å². The topological polar surface area (TPSA) is 59.0 Å². The molecule has 0 saturated carbocycles. The minimum absolute atomic E-state index is 0.0887. The molecule has 3 aromatic heterocycles. The molecule has 0 aliphatic carbocycles. The molecule has 1 fully saturated rings. The molecule has 1 saturated heterocycles. The molecule has 0 N–H and O–H groups in total. The average Bonchev–Trinajstić information content (AvgIpc) is 3.39. The Balaban J connectivity index is 1.35. The molecular weight excluding hydrogens is 408 g/mol. The van der Waals surface area contributed by atoms with Gasteiger partial charge in [0.15, 0.2) is 0 Å². The Labute approximate surface area is 174 Å². The smallest absolute Gasteiger partial charge is 0.233 e. The van der Waals surface area contributed by atoms with E-state index in [0.29, 0.717) is 5.75 Å². The molecule has 4 heterocycles. The fraction of sp³-hybridized carbons (Fsp3) is 0.300. The molecule has 4 aromatic rings. The van der Waals surface area contributed by atoms with Crippen molar-refractivity contribution in [3.8, 4) is 0 Å². The normalized spacial score (nSPS) is 17.4. The van der Waals surface area contributed by atoms with Crippen LogP contribution < -0.4 is 0 Å². The highest BCUT2D eigenvalue weighted by Gasteiger charge is 2.30. The van der Waals surface area contributed by atoms with E-state index in [1.54, 1.807) is 29.0 Å². The standard InChI is InChI=1S/C20H18N4OS3/c25-17(11-27-19-13-8-10-26-18(13)21-12-22-19)24-9-4-3-6-15(24)20-23-14-5-1-2-7-16(14)28-20/h1-2,5,7-8,10,12,15H,3-4,6,9,11H2. The maximum absolute atomic E-state index is 13.1. The van der Waals surface area contributed by atoms with Crippen molar-refractivity contribution in [1.82, 2.24) is 19.9 Å². The van der Waals surface area contributed by atoms with Crippen molar-refractivity contribution in [1.29, 1.82) is 0 Å². The maximum Gasteiger partial charge on any atom is 0.233 e. The summed E-state index contributed by atoms with van der Waals surface area (Å²) in [4.78, 5) is 29.6. The molecular formula is C20H18N4OS3. The highest BCUT2D eigenvalue weighted by atomic mass is 32.2. The second kappa shape index (κ2) is 7.77. The third kappa shape index (κ3) is 3.40. The van der Waals surface area contributed by atoms with Gasteiger partial charge in [-0.25, -0.2) is 15.0 Å². The monoisotopic (exact) mass is 426 g/mol. The highest BCUT2D eigenvalue weighted by molar-refractivity contribution is 8.00. The third-order valence-corrected chi connectivity index (χ3v) is 7.92. The molecule has 5 rings (SSSR count). The Morgan fingerprint density at radius 2 is 2.14 bits per heavy atom. The number of benzene rings is 1. The van der Waals surface area contributed by atoms with E-state index in [2.05, 4.69) is 16.0 Å². The van der Waals surface area contributed by atoms with Crippen molar-refractivity contribution in [2.24, 2.45) is 0 Å². The van der Waals surface area contributed by atoms with Gasteiger partial charge in [0.25, 0.3) is 0 Å². The summed E-state index contributed by atoms with van der Waals surface area (Å²) >= 11 is 4.81. The van der Waals surface area contributed by atoms with Gasteiger partial charge in [-0.3, -0.25) is 4.79 Å². The van der Waals surface area contributed by atoms with Crippen LogP contribution in [0.2, 0.25) is 0 Å². The first-order valence-corrected chi connectivity index (χ1v) is 11.9. The van der Waals surface area contributed by atoms with Crippen LogP contribution >= 0.6 is 34.4 Å². The van der Waals surface area contributed by atoms with E-state index in [0.717, 1.165) is 51.6 Å². The van der Waals surface area contributed by atoms with Crippen LogP contribution in [0.1, 0.15) is 30.3 Å². The van der Waals surface area contributed by atoms with E-state index in [1.807, 2.05) is 34.5 Å². The lowest BCUT2D eigenvalue weighted by atomic mass is 10.0. The number of piperidine rings is 1. The molecule has 1 unspecified atom stereocenters. The number of thiazole rings is 1. The van der Waals surface area contributed by atoms with Crippen molar-refractivity contribution in [3.05, 3.63) is 47.0 Å². The second-order valence-electron chi connectivity index (χ2n) is 6.73. The summed E-state index contributed by atoms with van der Waals surface area (Å²) < 4.78 is 1.19. The van der Waals surface area contributed by atoms with Crippen molar-refractivity contribution in [2.45, 2.75) is 30.3 Å². The molecule has 0 radical (unpaired) electrons. The summed E-state index contributed by atoms with van der Waals surface area (Å²) in [5.74, 6) is 0.555. The third-order valence-electron chi connectivity index (χ3n) is 4.98. The Morgan fingerprint density at radius 3 is 3.07 bits per heavy atom. The molecule has 142 valence electrons. The molecule has 1 aliphatic heterocycles. The van der Waals surface area contributed by atoms with Crippen LogP contribution in [0, 0.1) is 0 Å². The number of para-hydroxylation sites is 1. The largest absolute Gasteiger partial charge is 0.332 e. The van der Waals surface area contributed by atoms with Crippen molar-refractivity contribution in [2.75, 3.05) is 12.3 Å². The fourth-order valence-corrected chi connectivity index (χ4v) is 6.40. The number of fused-ring (bicyclic) bond motifs is 2. The first-order valence-electron chi connectivity index (χ1n) is 9.25. The molecule has 8 heteroatoms. The number of carbonyl (C=O) groups excluding carboxylic acids is 1. The van der Waals surface area contributed by atoms with Crippen molar-refractivity contribution < 1.29 is 4.79 Å². The van der Waals surface area contributed by atoms with Gasteiger partial charge in [0.2, 0.25) is 5.91 Å². The van der Waals surface area contributed by atoms with Gasteiger partial charge in [0.1, 0.15) is 21.2 Å². The van der Waals surface area contributed by atoms with E-state index in [1.165, 1.54) is 16.5 Å². The van der Waals surface area contributed by atoms with Gasteiger partial charge in [-0.15, -0.1) is 22.7 Å². The van der Waals surface area contributed by atoms with Crippen LogP contribution in [0.25, 0.3) is 20.4 Å². The molecule has 28 heavy (non-hydrogen) atoms. The van der Waals surface area contributed by atoms with Crippen LogP contribution in [-0.4, -0.2) is 38.1 Å². The average molecular weight is 427 g/mol. The Hall–Kier alpha value is -2.03. The summed E-state index contributed by atoms with van der Waals surface area (Å²) in [6.07, 6.45) is 4.76. The summed E-state index contributed by atoms with van der Waals surface area (Å²) in [5, 5.41) is 4.99. The molecule has 0 bridgehead atoms. The van der Waals surface area contributed by atoms with Crippen LogP contribution in [-0.2, 0) is 4.79 Å². The lowest BCUT2D eigenvalue weighted by Gasteiger charge is -2.34. The summed E-state index contributed by atoms with van der Waals surface area (Å²) in [6, 6.07) is 10.3. The Kier molecular flexibility index (Phi) is 5.00. The zero-order valence-corrected chi connectivity index (χ0v) is 17.5. The van der Waals surface area contributed by atoms with Gasteiger partial charge in [0, 0.05) is 11.9 Å². The first-order chi connectivity index (χ1) is 13.8. The second-order valence-corrected chi connectivity index (χ2v) is 9.65. The molecule has 0 spiro atoms. The van der Waals surface area contributed by atoms with Crippen LogP contribution in [0.5, 0.6) is 0 Å². The van der Waals surface area contributed by atoms with E-state index >= 15 is 0 Å². The number of aromatic nitrogens is 3. The summed E-state index contributed by atoms with van der Waals surface area (Å²) in [5.41, 5.74) is 1.02. The van der Waals surface area contributed by atoms with Gasteiger partial charge in [-0.2, -0.15) is 0 Å². The first kappa shape index (κ1) is 18.0. The number of amides is 1. The van der Waals surface area contributed by atoms with Crippen molar-refractivity contribution >= 4 is 60.8 Å². The minimum atomic E-state index is 0.0887. The van der Waals surface area contributed by atoms with Crippen LogP contribution in [0.3, 0.4) is 0 Å². The fourth-order valence-electron chi connectivity index (χ4n) is 3.61. The highest BCUT2D eigenvalue weighted by Crippen LogP contribution is 2.36. The zero-order valence-electron chi connectivity index (χ0n) is 15.1.